The van der Waals surface area contributed by atoms with Crippen molar-refractivity contribution in [2.45, 2.75) is 56.9 Å². The highest BCUT2D eigenvalue weighted by atomic mass is 35.5. The molecule has 0 saturated heterocycles. The van der Waals surface area contributed by atoms with Crippen molar-refractivity contribution in [3.63, 3.8) is 0 Å². The molecular formula is C20H25Cl2NO2. The quantitative estimate of drug-likeness (QED) is 0.684. The van der Waals surface area contributed by atoms with Crippen molar-refractivity contribution >= 4 is 29.1 Å². The molecule has 1 aromatic carbocycles. The molecule has 4 saturated carbocycles. The molecule has 0 atom stereocenters. The lowest BCUT2D eigenvalue weighted by Crippen LogP contribution is -2.59. The number of hydrogen-bond donors (Lipinski definition) is 1. The first kappa shape index (κ1) is 17.5. The highest BCUT2D eigenvalue weighted by Gasteiger charge is 2.51. The molecule has 0 spiro atoms. The number of benzene rings is 1. The minimum atomic E-state index is 0.103. The van der Waals surface area contributed by atoms with E-state index in [1.54, 1.807) is 18.2 Å². The van der Waals surface area contributed by atoms with E-state index < -0.39 is 0 Å². The summed E-state index contributed by atoms with van der Waals surface area (Å²) >= 11 is 12.0. The van der Waals surface area contributed by atoms with Crippen LogP contribution in [0.4, 0.5) is 0 Å². The number of rotatable bonds is 6. The second-order valence-corrected chi connectivity index (χ2v) is 9.12. The maximum Gasteiger partial charge on any atom is 0.220 e. The molecule has 0 aromatic heterocycles. The van der Waals surface area contributed by atoms with Crippen LogP contribution in [0.2, 0.25) is 10.0 Å². The monoisotopic (exact) mass is 381 g/mol. The van der Waals surface area contributed by atoms with Crippen molar-refractivity contribution in [3.05, 3.63) is 28.2 Å². The van der Waals surface area contributed by atoms with Crippen LogP contribution in [0.1, 0.15) is 51.4 Å². The van der Waals surface area contributed by atoms with E-state index in [1.165, 1.54) is 38.5 Å². The van der Waals surface area contributed by atoms with Gasteiger partial charge in [-0.2, -0.15) is 0 Å². The van der Waals surface area contributed by atoms with Gasteiger partial charge in [-0.05, 0) is 80.9 Å². The molecule has 0 radical (unpaired) electrons. The van der Waals surface area contributed by atoms with E-state index in [0.29, 0.717) is 35.2 Å². The molecule has 0 aliphatic heterocycles. The van der Waals surface area contributed by atoms with Crippen molar-refractivity contribution in [1.29, 1.82) is 0 Å². The summed E-state index contributed by atoms with van der Waals surface area (Å²) in [7, 11) is 0. The highest BCUT2D eigenvalue weighted by molar-refractivity contribution is 6.35. The van der Waals surface area contributed by atoms with Gasteiger partial charge >= 0.3 is 0 Å². The van der Waals surface area contributed by atoms with E-state index in [9.17, 15) is 4.79 Å². The van der Waals surface area contributed by atoms with Crippen molar-refractivity contribution in [1.82, 2.24) is 5.32 Å². The summed E-state index contributed by atoms with van der Waals surface area (Å²) in [6.45, 7) is 0.482. The summed E-state index contributed by atoms with van der Waals surface area (Å²) in [5, 5.41) is 4.50. The second-order valence-electron chi connectivity index (χ2n) is 8.27. The summed E-state index contributed by atoms with van der Waals surface area (Å²) in [5.74, 6) is 3.34. The average Bonchev–Trinajstić information content (AvgIpc) is 2.51. The third-order valence-electron chi connectivity index (χ3n) is 6.14. The zero-order valence-corrected chi connectivity index (χ0v) is 15.9. The lowest BCUT2D eigenvalue weighted by molar-refractivity contribution is -0.127. The Labute approximate surface area is 159 Å². The Bertz CT molecular complexity index is 626. The Morgan fingerprint density at radius 2 is 1.76 bits per heavy atom. The van der Waals surface area contributed by atoms with Gasteiger partial charge in [-0.3, -0.25) is 4.79 Å². The molecule has 1 aromatic rings. The largest absolute Gasteiger partial charge is 0.492 e. The van der Waals surface area contributed by atoms with Gasteiger partial charge < -0.3 is 10.1 Å². The molecule has 5 rings (SSSR count). The molecule has 1 amide bonds. The van der Waals surface area contributed by atoms with Crippen LogP contribution < -0.4 is 10.1 Å². The summed E-state index contributed by atoms with van der Waals surface area (Å²) in [5.41, 5.74) is 0.103. The predicted octanol–water partition coefficient (Wildman–Crippen LogP) is 5.24. The molecule has 5 heteroatoms. The van der Waals surface area contributed by atoms with Gasteiger partial charge in [0.25, 0.3) is 0 Å². The molecular weight excluding hydrogens is 357 g/mol. The van der Waals surface area contributed by atoms with Crippen LogP contribution in [-0.2, 0) is 4.79 Å². The fraction of sp³-hybridized carbons (Fsp3) is 0.650. The maximum atomic E-state index is 12.4. The van der Waals surface area contributed by atoms with Crippen LogP contribution in [0.15, 0.2) is 18.2 Å². The van der Waals surface area contributed by atoms with E-state index in [2.05, 4.69) is 5.32 Å². The first-order valence-electron chi connectivity index (χ1n) is 9.40. The average molecular weight is 382 g/mol. The first-order chi connectivity index (χ1) is 12.0. The summed E-state index contributed by atoms with van der Waals surface area (Å²) in [4.78, 5) is 12.4. The number of ether oxygens (including phenoxy) is 1. The van der Waals surface area contributed by atoms with Crippen LogP contribution in [0.25, 0.3) is 0 Å². The van der Waals surface area contributed by atoms with E-state index in [4.69, 9.17) is 27.9 Å². The molecule has 0 unspecified atom stereocenters. The SMILES string of the molecule is O=C(CCCOc1ccc(Cl)cc1Cl)NC12CC3CC(CC(C3)C1)C2. The molecule has 4 aliphatic carbocycles. The zero-order chi connectivity index (χ0) is 17.4. The molecule has 4 bridgehead atoms. The Hall–Kier alpha value is -0.930. The fourth-order valence-electron chi connectivity index (χ4n) is 5.63. The van der Waals surface area contributed by atoms with Gasteiger partial charge in [0.15, 0.2) is 0 Å². The smallest absolute Gasteiger partial charge is 0.220 e. The Morgan fingerprint density at radius 1 is 1.12 bits per heavy atom. The van der Waals surface area contributed by atoms with E-state index >= 15 is 0 Å². The van der Waals surface area contributed by atoms with E-state index in [-0.39, 0.29) is 11.4 Å². The van der Waals surface area contributed by atoms with Crippen molar-refractivity contribution in [3.8, 4) is 5.75 Å². The minimum absolute atomic E-state index is 0.103. The summed E-state index contributed by atoms with van der Waals surface area (Å²) in [6, 6.07) is 5.18. The van der Waals surface area contributed by atoms with E-state index in [0.717, 1.165) is 17.8 Å². The molecule has 0 heterocycles. The Kier molecular flexibility index (Phi) is 4.89. The van der Waals surface area contributed by atoms with Crippen LogP contribution >= 0.6 is 23.2 Å². The third-order valence-corrected chi connectivity index (χ3v) is 6.67. The molecule has 4 aliphatic rings. The molecule has 3 nitrogen and oxygen atoms in total. The Balaban J connectivity index is 1.23. The zero-order valence-electron chi connectivity index (χ0n) is 14.4. The number of nitrogens with one attached hydrogen (secondary N) is 1. The van der Waals surface area contributed by atoms with Crippen molar-refractivity contribution in [2.24, 2.45) is 17.8 Å². The van der Waals surface area contributed by atoms with Gasteiger partial charge in [0.05, 0.1) is 11.6 Å². The topological polar surface area (TPSA) is 38.3 Å². The number of carbonyl (C=O) groups is 1. The van der Waals surface area contributed by atoms with Gasteiger partial charge in [0, 0.05) is 17.0 Å². The number of halogens is 2. The van der Waals surface area contributed by atoms with Crippen molar-refractivity contribution in [2.75, 3.05) is 6.61 Å². The molecule has 1 N–H and O–H groups in total. The maximum absolute atomic E-state index is 12.4. The van der Waals surface area contributed by atoms with Crippen LogP contribution in [0.3, 0.4) is 0 Å². The molecule has 136 valence electrons. The van der Waals surface area contributed by atoms with Crippen molar-refractivity contribution < 1.29 is 9.53 Å². The van der Waals surface area contributed by atoms with Crippen LogP contribution in [0, 0.1) is 17.8 Å². The summed E-state index contributed by atoms with van der Waals surface area (Å²) in [6.07, 6.45) is 8.97. The molecule has 25 heavy (non-hydrogen) atoms. The fourth-order valence-corrected chi connectivity index (χ4v) is 6.09. The van der Waals surface area contributed by atoms with Gasteiger partial charge in [-0.15, -0.1) is 0 Å². The minimum Gasteiger partial charge on any atom is -0.492 e. The Morgan fingerprint density at radius 3 is 2.36 bits per heavy atom. The van der Waals surface area contributed by atoms with Gasteiger partial charge in [0.2, 0.25) is 5.91 Å². The normalized spacial score (nSPS) is 32.6. The molecule has 4 fully saturated rings. The lowest BCUT2D eigenvalue weighted by atomic mass is 9.53. The summed E-state index contributed by atoms with van der Waals surface area (Å²) < 4.78 is 5.67. The predicted molar refractivity (Wildman–Crippen MR) is 100 cm³/mol. The lowest BCUT2D eigenvalue weighted by Gasteiger charge is -2.56. The van der Waals surface area contributed by atoms with Crippen LogP contribution in [-0.4, -0.2) is 18.1 Å². The van der Waals surface area contributed by atoms with Gasteiger partial charge in [-0.1, -0.05) is 23.2 Å². The third kappa shape index (κ3) is 3.93. The van der Waals surface area contributed by atoms with Crippen LogP contribution in [0.5, 0.6) is 5.75 Å². The van der Waals surface area contributed by atoms with Gasteiger partial charge in [0.1, 0.15) is 5.75 Å². The number of carbonyl (C=O) groups excluding carboxylic acids is 1. The van der Waals surface area contributed by atoms with Gasteiger partial charge in [-0.25, -0.2) is 0 Å². The highest BCUT2D eigenvalue weighted by Crippen LogP contribution is 2.55. The number of amides is 1. The number of hydrogen-bond acceptors (Lipinski definition) is 2. The van der Waals surface area contributed by atoms with E-state index in [1.807, 2.05) is 0 Å². The standard InChI is InChI=1S/C20H25Cl2NO2/c21-16-3-4-18(17(22)9-16)25-5-1-2-19(24)23-20-10-13-6-14(11-20)8-15(7-13)12-20/h3-4,9,13-15H,1-2,5-8,10-12H2,(H,23,24). The first-order valence-corrected chi connectivity index (χ1v) is 10.2. The second kappa shape index (κ2) is 7.00.